The van der Waals surface area contributed by atoms with Crippen LogP contribution in [0.1, 0.15) is 19.8 Å². The Labute approximate surface area is 94.6 Å². The Morgan fingerprint density at radius 2 is 1.29 bits per heavy atom. The van der Waals surface area contributed by atoms with Crippen LogP contribution >= 0.6 is 0 Å². The fourth-order valence-electron chi connectivity index (χ4n) is 1.67. The van der Waals surface area contributed by atoms with E-state index in [0.717, 1.165) is 12.8 Å². The van der Waals surface area contributed by atoms with E-state index in [1.807, 2.05) is 0 Å². The van der Waals surface area contributed by atoms with E-state index in [1.165, 1.54) is 0 Å². The largest absolute Gasteiger partial charge is 0.377 e. The average molecular weight is 251 g/mol. The van der Waals surface area contributed by atoms with Gasteiger partial charge in [-0.1, -0.05) is 0 Å². The zero-order valence-corrected chi connectivity index (χ0v) is 8.96. The number of rotatable bonds is 3. The molecule has 0 bridgehead atoms. The summed E-state index contributed by atoms with van der Waals surface area (Å²) in [5, 5.41) is 2.35. The first kappa shape index (κ1) is 12.1. The van der Waals surface area contributed by atoms with Crippen molar-refractivity contribution in [1.29, 1.82) is 0 Å². The van der Waals surface area contributed by atoms with E-state index >= 15 is 0 Å². The molecule has 1 aromatic rings. The molecule has 17 heavy (non-hydrogen) atoms. The molecule has 1 N–H and O–H groups in total. The van der Waals surface area contributed by atoms with Gasteiger partial charge in [-0.15, -0.1) is 0 Å². The molecule has 6 heteroatoms. The lowest BCUT2D eigenvalue weighted by atomic mass is 10.2. The predicted octanol–water partition coefficient (Wildman–Crippen LogP) is 3.59. The quantitative estimate of drug-likeness (QED) is 0.491. The molecule has 1 atom stereocenters. The van der Waals surface area contributed by atoms with E-state index < -0.39 is 34.8 Å². The van der Waals surface area contributed by atoms with Crippen molar-refractivity contribution < 1.29 is 22.0 Å². The van der Waals surface area contributed by atoms with E-state index in [2.05, 4.69) is 5.32 Å². The van der Waals surface area contributed by atoms with Gasteiger partial charge in [0.1, 0.15) is 5.69 Å². The fraction of sp³-hybridized carbons (Fsp3) is 0.455. The minimum absolute atomic E-state index is 0.227. The number of anilines is 1. The zero-order chi connectivity index (χ0) is 12.7. The molecule has 1 saturated carbocycles. The Balaban J connectivity index is 2.38. The molecule has 1 aromatic carbocycles. The van der Waals surface area contributed by atoms with Crippen molar-refractivity contribution in [2.24, 2.45) is 5.92 Å². The topological polar surface area (TPSA) is 12.0 Å². The van der Waals surface area contributed by atoms with Crippen LogP contribution in [0.25, 0.3) is 0 Å². The van der Waals surface area contributed by atoms with Crippen LogP contribution in [0.3, 0.4) is 0 Å². The Morgan fingerprint density at radius 3 is 1.71 bits per heavy atom. The second kappa shape index (κ2) is 4.16. The molecule has 1 aliphatic carbocycles. The fourth-order valence-corrected chi connectivity index (χ4v) is 1.67. The van der Waals surface area contributed by atoms with Gasteiger partial charge in [0.2, 0.25) is 5.82 Å². The number of halogens is 5. The van der Waals surface area contributed by atoms with Gasteiger partial charge in [0.05, 0.1) is 0 Å². The van der Waals surface area contributed by atoms with E-state index in [-0.39, 0.29) is 12.0 Å². The minimum atomic E-state index is -2.13. The van der Waals surface area contributed by atoms with Crippen molar-refractivity contribution in [2.75, 3.05) is 5.32 Å². The van der Waals surface area contributed by atoms with Gasteiger partial charge in [0.25, 0.3) is 0 Å². The highest BCUT2D eigenvalue weighted by molar-refractivity contribution is 5.48. The molecule has 0 amide bonds. The first-order valence-corrected chi connectivity index (χ1v) is 5.21. The summed E-state index contributed by atoms with van der Waals surface area (Å²) in [5.41, 5.74) is -0.944. The summed E-state index contributed by atoms with van der Waals surface area (Å²) >= 11 is 0. The number of hydrogen-bond donors (Lipinski definition) is 1. The molecular weight excluding hydrogens is 241 g/mol. The molecule has 0 aromatic heterocycles. The lowest BCUT2D eigenvalue weighted by molar-refractivity contribution is 0.380. The highest BCUT2D eigenvalue weighted by Crippen LogP contribution is 2.35. The maximum atomic E-state index is 13.3. The van der Waals surface area contributed by atoms with E-state index in [0.29, 0.717) is 0 Å². The summed E-state index contributed by atoms with van der Waals surface area (Å²) in [6.07, 6.45) is 1.78. The second-order valence-corrected chi connectivity index (χ2v) is 4.22. The third-order valence-corrected chi connectivity index (χ3v) is 2.91. The van der Waals surface area contributed by atoms with Gasteiger partial charge >= 0.3 is 0 Å². The third kappa shape index (κ3) is 2.08. The standard InChI is InChI=1S/C11H10F5N/c1-4(5-2-3-5)17-11-9(15)7(13)6(12)8(14)10(11)16/h4-5,17H,2-3H2,1H3. The highest BCUT2D eigenvalue weighted by atomic mass is 19.2. The molecule has 1 nitrogen and oxygen atoms in total. The molecule has 94 valence electrons. The second-order valence-electron chi connectivity index (χ2n) is 4.22. The lowest BCUT2D eigenvalue weighted by Gasteiger charge is -2.16. The normalized spacial score (nSPS) is 17.1. The minimum Gasteiger partial charge on any atom is -0.377 e. The third-order valence-electron chi connectivity index (χ3n) is 2.91. The summed E-state index contributed by atoms with van der Waals surface area (Å²) in [6, 6.07) is -0.316. The number of benzene rings is 1. The van der Waals surface area contributed by atoms with Crippen molar-refractivity contribution in [1.82, 2.24) is 0 Å². The molecule has 1 aliphatic rings. The molecule has 0 saturated heterocycles. The number of nitrogens with one attached hydrogen (secondary N) is 1. The molecule has 2 rings (SSSR count). The Hall–Kier alpha value is -1.33. The SMILES string of the molecule is CC(Nc1c(F)c(F)c(F)c(F)c1F)C1CC1. The average Bonchev–Trinajstić information content (AvgIpc) is 3.13. The van der Waals surface area contributed by atoms with Crippen LogP contribution < -0.4 is 5.32 Å². The van der Waals surface area contributed by atoms with Gasteiger partial charge in [-0.2, -0.15) is 0 Å². The van der Waals surface area contributed by atoms with Gasteiger partial charge in [0, 0.05) is 6.04 Å². The van der Waals surface area contributed by atoms with E-state index in [1.54, 1.807) is 6.92 Å². The van der Waals surface area contributed by atoms with E-state index in [4.69, 9.17) is 0 Å². The molecule has 0 radical (unpaired) electrons. The summed E-state index contributed by atoms with van der Waals surface area (Å²) < 4.78 is 65.0. The lowest BCUT2D eigenvalue weighted by Crippen LogP contribution is -2.20. The van der Waals surface area contributed by atoms with Crippen LogP contribution in [0.4, 0.5) is 27.6 Å². The van der Waals surface area contributed by atoms with Crippen LogP contribution in [-0.2, 0) is 0 Å². The summed E-state index contributed by atoms with van der Waals surface area (Å²) in [7, 11) is 0. The van der Waals surface area contributed by atoms with Gasteiger partial charge < -0.3 is 5.32 Å². The van der Waals surface area contributed by atoms with Crippen LogP contribution in [0.5, 0.6) is 0 Å². The first-order valence-electron chi connectivity index (χ1n) is 5.21. The molecule has 0 aliphatic heterocycles. The predicted molar refractivity (Wildman–Crippen MR) is 52.0 cm³/mol. The number of hydrogen-bond acceptors (Lipinski definition) is 1. The monoisotopic (exact) mass is 251 g/mol. The molecule has 1 unspecified atom stereocenters. The molecule has 0 spiro atoms. The Kier molecular flexibility index (Phi) is 2.97. The van der Waals surface area contributed by atoms with Crippen LogP contribution in [0.2, 0.25) is 0 Å². The maximum absolute atomic E-state index is 13.3. The summed E-state index contributed by atoms with van der Waals surface area (Å²) in [6.45, 7) is 1.65. The zero-order valence-electron chi connectivity index (χ0n) is 8.96. The molecule has 0 heterocycles. The van der Waals surface area contributed by atoms with Crippen molar-refractivity contribution >= 4 is 5.69 Å². The van der Waals surface area contributed by atoms with Crippen molar-refractivity contribution in [3.8, 4) is 0 Å². The summed E-state index contributed by atoms with van der Waals surface area (Å²) in [5.74, 6) is -9.37. The van der Waals surface area contributed by atoms with Gasteiger partial charge in [0.15, 0.2) is 23.3 Å². The smallest absolute Gasteiger partial charge is 0.200 e. The van der Waals surface area contributed by atoms with Crippen LogP contribution in [-0.4, -0.2) is 6.04 Å². The Morgan fingerprint density at radius 1 is 0.882 bits per heavy atom. The molecule has 1 fully saturated rings. The van der Waals surface area contributed by atoms with Crippen molar-refractivity contribution in [3.63, 3.8) is 0 Å². The van der Waals surface area contributed by atoms with Crippen LogP contribution in [0.15, 0.2) is 0 Å². The van der Waals surface area contributed by atoms with E-state index in [9.17, 15) is 22.0 Å². The highest BCUT2D eigenvalue weighted by Gasteiger charge is 2.31. The maximum Gasteiger partial charge on any atom is 0.200 e. The van der Waals surface area contributed by atoms with Crippen LogP contribution in [0, 0.1) is 35.0 Å². The van der Waals surface area contributed by atoms with Gasteiger partial charge in [-0.3, -0.25) is 0 Å². The van der Waals surface area contributed by atoms with Gasteiger partial charge in [-0.05, 0) is 25.7 Å². The first-order chi connectivity index (χ1) is 7.93. The molecular formula is C11H10F5N. The Bertz CT molecular complexity index is 427. The van der Waals surface area contributed by atoms with Crippen molar-refractivity contribution in [2.45, 2.75) is 25.8 Å². The van der Waals surface area contributed by atoms with Gasteiger partial charge in [-0.25, -0.2) is 22.0 Å². The van der Waals surface area contributed by atoms with Crippen molar-refractivity contribution in [3.05, 3.63) is 29.1 Å². The summed E-state index contributed by atoms with van der Waals surface area (Å²) in [4.78, 5) is 0.